The molecule has 0 atom stereocenters. The highest BCUT2D eigenvalue weighted by Crippen LogP contribution is 2.29. The van der Waals surface area contributed by atoms with Gasteiger partial charge in [-0.1, -0.05) is 0 Å². The maximum atomic E-state index is 11.9. The highest BCUT2D eigenvalue weighted by atomic mass is 16.6. The van der Waals surface area contributed by atoms with Gasteiger partial charge in [0, 0.05) is 37.9 Å². The molecule has 0 aliphatic carbocycles. The van der Waals surface area contributed by atoms with Crippen molar-refractivity contribution in [3.05, 3.63) is 33.9 Å². The van der Waals surface area contributed by atoms with Gasteiger partial charge in [-0.15, -0.1) is 0 Å². The third-order valence-corrected chi connectivity index (χ3v) is 3.06. The van der Waals surface area contributed by atoms with E-state index in [1.165, 1.54) is 17.0 Å². The zero-order chi connectivity index (χ0) is 16.2. The van der Waals surface area contributed by atoms with E-state index in [0.717, 1.165) is 0 Å². The van der Waals surface area contributed by atoms with E-state index >= 15 is 0 Å². The van der Waals surface area contributed by atoms with Crippen LogP contribution in [0.5, 0.6) is 0 Å². The van der Waals surface area contributed by atoms with Crippen LogP contribution in [0.2, 0.25) is 0 Å². The average Bonchev–Trinajstić information content (AvgIpc) is 2.37. The minimum absolute atomic E-state index is 0.0228. The summed E-state index contributed by atoms with van der Waals surface area (Å²) in [4.78, 5) is 23.9. The summed E-state index contributed by atoms with van der Waals surface area (Å²) in [6.07, 6.45) is 0.447. The van der Waals surface area contributed by atoms with Gasteiger partial charge in [0.25, 0.3) is 11.6 Å². The first-order chi connectivity index (χ1) is 9.68. The largest absolute Gasteiger partial charge is 0.396 e. The van der Waals surface area contributed by atoms with Crippen molar-refractivity contribution < 1.29 is 14.8 Å². The smallest absolute Gasteiger partial charge is 0.293 e. The van der Waals surface area contributed by atoms with Crippen LogP contribution in [0.4, 0.5) is 11.4 Å². The van der Waals surface area contributed by atoms with E-state index in [4.69, 9.17) is 5.11 Å². The van der Waals surface area contributed by atoms with Gasteiger partial charge in [-0.25, -0.2) is 0 Å². The molecule has 1 aromatic rings. The molecular weight excluding hydrogens is 274 g/mol. The first kappa shape index (κ1) is 16.9. The van der Waals surface area contributed by atoms with Crippen molar-refractivity contribution in [1.82, 2.24) is 4.90 Å². The molecule has 1 aromatic carbocycles. The molecule has 7 heteroatoms. The van der Waals surface area contributed by atoms with Gasteiger partial charge in [0.1, 0.15) is 5.69 Å². The van der Waals surface area contributed by atoms with Crippen molar-refractivity contribution in [3.8, 4) is 0 Å². The lowest BCUT2D eigenvalue weighted by atomic mass is 10.00. The first-order valence-electron chi connectivity index (χ1n) is 6.57. The number of nitro benzene ring substituents is 1. The minimum atomic E-state index is -0.524. The maximum Gasteiger partial charge on any atom is 0.293 e. The molecule has 0 heterocycles. The molecule has 0 aromatic heterocycles. The van der Waals surface area contributed by atoms with Crippen LogP contribution < -0.4 is 5.32 Å². The molecule has 116 valence electrons. The van der Waals surface area contributed by atoms with Crippen LogP contribution in [0.25, 0.3) is 0 Å². The second kappa shape index (κ2) is 6.53. The van der Waals surface area contributed by atoms with Gasteiger partial charge in [-0.3, -0.25) is 14.9 Å². The quantitative estimate of drug-likeness (QED) is 0.617. The van der Waals surface area contributed by atoms with Crippen LogP contribution in [-0.2, 0) is 0 Å². The van der Waals surface area contributed by atoms with E-state index in [9.17, 15) is 14.9 Å². The third-order valence-electron chi connectivity index (χ3n) is 3.06. The van der Waals surface area contributed by atoms with E-state index in [0.29, 0.717) is 12.1 Å². The maximum absolute atomic E-state index is 11.9. The number of anilines is 1. The van der Waals surface area contributed by atoms with Crippen LogP contribution in [0, 0.1) is 10.1 Å². The Kier molecular flexibility index (Phi) is 5.26. The average molecular weight is 295 g/mol. The summed E-state index contributed by atoms with van der Waals surface area (Å²) < 4.78 is 0. The number of hydrogen-bond donors (Lipinski definition) is 2. The molecule has 0 bridgehead atoms. The van der Waals surface area contributed by atoms with Crippen molar-refractivity contribution in [2.24, 2.45) is 0 Å². The fourth-order valence-corrected chi connectivity index (χ4v) is 1.89. The predicted molar refractivity (Wildman–Crippen MR) is 80.5 cm³/mol. The Labute approximate surface area is 123 Å². The monoisotopic (exact) mass is 295 g/mol. The summed E-state index contributed by atoms with van der Waals surface area (Å²) in [5.74, 6) is -0.292. The number of aliphatic hydroxyl groups excluding tert-OH is 1. The van der Waals surface area contributed by atoms with Crippen LogP contribution in [0.15, 0.2) is 18.2 Å². The van der Waals surface area contributed by atoms with Crippen molar-refractivity contribution in [1.29, 1.82) is 0 Å². The summed E-state index contributed by atoms with van der Waals surface area (Å²) in [6.45, 7) is 3.66. The molecule has 0 aliphatic heterocycles. The molecule has 0 saturated carbocycles. The van der Waals surface area contributed by atoms with E-state index in [1.807, 2.05) is 13.8 Å². The highest BCUT2D eigenvalue weighted by molar-refractivity contribution is 5.95. The number of nitrogens with one attached hydrogen (secondary N) is 1. The summed E-state index contributed by atoms with van der Waals surface area (Å²) in [7, 11) is 3.18. The summed E-state index contributed by atoms with van der Waals surface area (Å²) in [6, 6.07) is 4.33. The van der Waals surface area contributed by atoms with Crippen molar-refractivity contribution in [3.63, 3.8) is 0 Å². The van der Waals surface area contributed by atoms with Gasteiger partial charge >= 0.3 is 0 Å². The summed E-state index contributed by atoms with van der Waals surface area (Å²) in [5.41, 5.74) is -0.0632. The number of rotatable bonds is 6. The number of carbonyl (C=O) groups is 1. The number of hydrogen-bond acceptors (Lipinski definition) is 5. The molecule has 2 N–H and O–H groups in total. The molecule has 0 aliphatic rings. The number of aliphatic hydroxyl groups is 1. The summed E-state index contributed by atoms with van der Waals surface area (Å²) >= 11 is 0. The van der Waals surface area contributed by atoms with Gasteiger partial charge in [0.05, 0.1) is 4.92 Å². The van der Waals surface area contributed by atoms with Crippen molar-refractivity contribution >= 4 is 17.3 Å². The lowest BCUT2D eigenvalue weighted by Gasteiger charge is -2.26. The molecular formula is C14H21N3O4. The SMILES string of the molecule is CN(C)C(=O)c1ccc(NC(C)(C)CCO)c([N+](=O)[O-])c1. The minimum Gasteiger partial charge on any atom is -0.396 e. The molecule has 7 nitrogen and oxygen atoms in total. The molecule has 21 heavy (non-hydrogen) atoms. The lowest BCUT2D eigenvalue weighted by molar-refractivity contribution is -0.384. The fourth-order valence-electron chi connectivity index (χ4n) is 1.89. The molecule has 1 amide bonds. The van der Waals surface area contributed by atoms with Crippen LogP contribution in [-0.4, -0.2) is 47.1 Å². The van der Waals surface area contributed by atoms with Crippen LogP contribution >= 0.6 is 0 Å². The van der Waals surface area contributed by atoms with E-state index in [-0.39, 0.29) is 23.8 Å². The zero-order valence-corrected chi connectivity index (χ0v) is 12.7. The van der Waals surface area contributed by atoms with Crippen molar-refractivity contribution in [2.75, 3.05) is 26.0 Å². The number of benzene rings is 1. The Hall–Kier alpha value is -2.15. The van der Waals surface area contributed by atoms with E-state index in [2.05, 4.69) is 5.32 Å². The molecule has 1 rings (SSSR count). The zero-order valence-electron chi connectivity index (χ0n) is 12.7. The van der Waals surface area contributed by atoms with Crippen molar-refractivity contribution in [2.45, 2.75) is 25.8 Å². The van der Waals surface area contributed by atoms with E-state index in [1.54, 1.807) is 20.2 Å². The van der Waals surface area contributed by atoms with Crippen LogP contribution in [0.3, 0.4) is 0 Å². The second-order valence-corrected chi connectivity index (χ2v) is 5.67. The van der Waals surface area contributed by atoms with Gasteiger partial charge in [0.2, 0.25) is 0 Å². The molecule has 0 saturated heterocycles. The topological polar surface area (TPSA) is 95.7 Å². The Morgan fingerprint density at radius 3 is 2.52 bits per heavy atom. The molecule has 0 fully saturated rings. The predicted octanol–water partition coefficient (Wildman–Crippen LogP) is 1.87. The summed E-state index contributed by atoms with van der Waals surface area (Å²) in [5, 5.41) is 23.3. The standard InChI is InChI=1S/C14H21N3O4/c1-14(2,7-8-18)15-11-6-5-10(13(19)16(3)4)9-12(11)17(20)21/h5-6,9,15,18H,7-8H2,1-4H3. The number of nitrogens with zero attached hydrogens (tertiary/aromatic N) is 2. The molecule has 0 unspecified atom stereocenters. The Bertz CT molecular complexity index is 541. The van der Waals surface area contributed by atoms with Gasteiger partial charge in [-0.2, -0.15) is 0 Å². The number of amides is 1. The van der Waals surface area contributed by atoms with Gasteiger partial charge < -0.3 is 15.3 Å². The Balaban J connectivity index is 3.17. The third kappa shape index (κ3) is 4.42. The normalized spacial score (nSPS) is 11.1. The Morgan fingerprint density at radius 1 is 1.43 bits per heavy atom. The van der Waals surface area contributed by atoms with Crippen LogP contribution in [0.1, 0.15) is 30.6 Å². The number of carbonyl (C=O) groups excluding carboxylic acids is 1. The molecule has 0 radical (unpaired) electrons. The first-order valence-corrected chi connectivity index (χ1v) is 6.57. The lowest BCUT2D eigenvalue weighted by Crippen LogP contribution is -2.32. The Morgan fingerprint density at radius 2 is 2.05 bits per heavy atom. The highest BCUT2D eigenvalue weighted by Gasteiger charge is 2.23. The second-order valence-electron chi connectivity index (χ2n) is 5.67. The van der Waals surface area contributed by atoms with Gasteiger partial charge in [0.15, 0.2) is 0 Å². The van der Waals surface area contributed by atoms with Gasteiger partial charge in [-0.05, 0) is 32.4 Å². The fraction of sp³-hybridized carbons (Fsp3) is 0.500. The van der Waals surface area contributed by atoms with E-state index < -0.39 is 10.5 Å². The molecule has 0 spiro atoms. The number of nitro groups is 1.